The topological polar surface area (TPSA) is 20.2 Å². The molecule has 26 valence electrons. The van der Waals surface area contributed by atoms with Crippen molar-refractivity contribution in [2.24, 2.45) is 0 Å². The molecule has 0 heterocycles. The van der Waals surface area contributed by atoms with E-state index < -0.39 is 6.97 Å². The summed E-state index contributed by atoms with van der Waals surface area (Å²) >= 11 is 0.889. The highest BCUT2D eigenvalue weighted by Crippen LogP contribution is 2.26. The van der Waals surface area contributed by atoms with Crippen molar-refractivity contribution < 1.29 is 4.89 Å². The van der Waals surface area contributed by atoms with Crippen LogP contribution in [0.25, 0.3) is 0 Å². The van der Waals surface area contributed by atoms with E-state index in [1.165, 1.54) is 0 Å². The van der Waals surface area contributed by atoms with E-state index in [0.29, 0.717) is 0 Å². The summed E-state index contributed by atoms with van der Waals surface area (Å²) in [5.74, 6) is 0. The van der Waals surface area contributed by atoms with Crippen LogP contribution in [0.1, 0.15) is 0 Å². The lowest BCUT2D eigenvalue weighted by Crippen LogP contribution is -1.40. The average molecular weight is 105 g/mol. The van der Waals surface area contributed by atoms with Crippen LogP contribution in [0.5, 0.6) is 0 Å². The van der Waals surface area contributed by atoms with Crippen molar-refractivity contribution in [1.29, 1.82) is 0 Å². The summed E-state index contributed by atoms with van der Waals surface area (Å²) in [5.41, 5.74) is 0. The first kappa shape index (κ1) is 5.54. The minimum absolute atomic E-state index is 0.889. The predicted molar refractivity (Wildman–Crippen MR) is 29.6 cm³/mol. The van der Waals surface area contributed by atoms with Gasteiger partial charge in [-0.15, -0.1) is 0 Å². The van der Waals surface area contributed by atoms with Crippen molar-refractivity contribution in [3.63, 3.8) is 0 Å². The van der Waals surface area contributed by atoms with Crippen LogP contribution < -0.4 is 0 Å². The van der Waals surface area contributed by atoms with Gasteiger partial charge in [-0.1, -0.05) is 0 Å². The van der Waals surface area contributed by atoms with Crippen LogP contribution in [0.15, 0.2) is 0 Å². The molecule has 0 aromatic carbocycles. The lowest BCUT2D eigenvalue weighted by molar-refractivity contribution is 0.657. The first-order valence-electron chi connectivity index (χ1n) is 0.935. The fourth-order valence-electron chi connectivity index (χ4n) is 0. The zero-order valence-electron chi connectivity index (χ0n) is 2.59. The van der Waals surface area contributed by atoms with Gasteiger partial charge in [-0.05, 0) is 0 Å². The van der Waals surface area contributed by atoms with Crippen LogP contribution in [0.2, 0.25) is 0 Å². The van der Waals surface area contributed by atoms with E-state index in [9.17, 15) is 0 Å². The Morgan fingerprint density at radius 2 is 2.20 bits per heavy atom. The SMILES string of the molecule is [B]S[P+](=C)O. The highest BCUT2D eigenvalue weighted by Gasteiger charge is 1.88. The van der Waals surface area contributed by atoms with E-state index in [1.807, 2.05) is 0 Å². The molecule has 0 fully saturated rings. The molecule has 1 unspecified atom stereocenters. The van der Waals surface area contributed by atoms with E-state index >= 15 is 0 Å². The third-order valence-corrected chi connectivity index (χ3v) is 1.10. The Kier molecular flexibility index (Phi) is 3.07. The van der Waals surface area contributed by atoms with Crippen LogP contribution in [0.4, 0.5) is 0 Å². The molecule has 0 aromatic rings. The van der Waals surface area contributed by atoms with E-state index in [-0.39, 0.29) is 0 Å². The monoisotopic (exact) mass is 105 g/mol. The van der Waals surface area contributed by atoms with Gasteiger partial charge in [0.2, 0.25) is 7.12 Å². The molecule has 0 bridgehead atoms. The molecule has 5 heavy (non-hydrogen) atoms. The van der Waals surface area contributed by atoms with E-state index in [1.54, 1.807) is 0 Å². The molecule has 2 radical (unpaired) electrons. The summed E-state index contributed by atoms with van der Waals surface area (Å²) < 4.78 is 0. The van der Waals surface area contributed by atoms with Gasteiger partial charge in [0.1, 0.15) is 6.30 Å². The van der Waals surface area contributed by atoms with Gasteiger partial charge >= 0.3 is 6.97 Å². The Bertz CT molecular complexity index is 46.9. The first-order valence-corrected chi connectivity index (χ1v) is 3.90. The molecule has 1 atom stereocenters. The Hall–Kier alpha value is 0.545. The van der Waals surface area contributed by atoms with Crippen molar-refractivity contribution in [3.8, 4) is 0 Å². The zero-order chi connectivity index (χ0) is 4.28. The molecule has 1 N–H and O–H groups in total. The smallest absolute Gasteiger partial charge is 0.184 e. The molecule has 0 aliphatic carbocycles. The fourth-order valence-corrected chi connectivity index (χ4v) is 0. The summed E-state index contributed by atoms with van der Waals surface area (Å²) in [6.07, 6.45) is 3.22. The largest absolute Gasteiger partial charge is 0.304 e. The third-order valence-electron chi connectivity index (χ3n) is 0.122. The lowest BCUT2D eigenvalue weighted by Gasteiger charge is -1.60. The van der Waals surface area contributed by atoms with Gasteiger partial charge in [0, 0.05) is 11.2 Å². The normalized spacial score (nSPS) is 11.0. The van der Waals surface area contributed by atoms with E-state index in [4.69, 9.17) is 12.0 Å². The molecule has 0 rings (SSSR count). The quantitative estimate of drug-likeness (QED) is 0.387. The molecule has 0 aliphatic heterocycles. The minimum atomic E-state index is -1.15. The van der Waals surface area contributed by atoms with Crippen molar-refractivity contribution >= 4 is 31.6 Å². The fraction of sp³-hybridized carbons (Fsp3) is 0. The number of rotatable bonds is 1. The van der Waals surface area contributed by atoms with Gasteiger partial charge in [-0.25, -0.2) is 0 Å². The van der Waals surface area contributed by atoms with Crippen molar-refractivity contribution in [3.05, 3.63) is 0 Å². The maximum Gasteiger partial charge on any atom is 0.304 e. The van der Waals surface area contributed by atoms with Gasteiger partial charge in [0.25, 0.3) is 0 Å². The van der Waals surface area contributed by atoms with Crippen molar-refractivity contribution in [1.82, 2.24) is 0 Å². The second-order valence-corrected chi connectivity index (χ2v) is 3.27. The predicted octanol–water partition coefficient (Wildman–Crippen LogP) is 0.539. The molecular weight excluding hydrogens is 102 g/mol. The summed E-state index contributed by atoms with van der Waals surface area (Å²) in [6.45, 7) is -1.15. The van der Waals surface area contributed by atoms with Crippen LogP contribution in [-0.4, -0.2) is 18.3 Å². The summed E-state index contributed by atoms with van der Waals surface area (Å²) in [7, 11) is 4.80. The standard InChI is InChI=1S/CH3BOPS/c1-4(3)5-2/h3H,1H2/q+1. The number of hydrogen-bond acceptors (Lipinski definition) is 2. The lowest BCUT2D eigenvalue weighted by atomic mass is 10.8. The maximum atomic E-state index is 8.15. The van der Waals surface area contributed by atoms with Gasteiger partial charge in [-0.2, -0.15) is 4.89 Å². The van der Waals surface area contributed by atoms with Crippen LogP contribution in [0.3, 0.4) is 0 Å². The van der Waals surface area contributed by atoms with Crippen LogP contribution in [-0.2, 0) is 0 Å². The van der Waals surface area contributed by atoms with Crippen molar-refractivity contribution in [2.45, 2.75) is 0 Å². The van der Waals surface area contributed by atoms with Gasteiger partial charge in [-0.3, -0.25) is 0 Å². The van der Waals surface area contributed by atoms with Crippen LogP contribution in [0, 0.1) is 0 Å². The molecule has 4 heteroatoms. The molecule has 0 spiro atoms. The number of hydrogen-bond donors (Lipinski definition) is 1. The molecule has 1 nitrogen and oxygen atoms in total. The van der Waals surface area contributed by atoms with E-state index in [0.717, 1.165) is 11.2 Å². The molecular formula is CH3BOPS+. The molecule has 0 amide bonds. The summed E-state index contributed by atoms with van der Waals surface area (Å²) in [4.78, 5) is 8.15. The average Bonchev–Trinajstić information content (AvgIpc) is 1.38. The van der Waals surface area contributed by atoms with Gasteiger partial charge < -0.3 is 0 Å². The second kappa shape index (κ2) is 2.76. The molecule has 0 aromatic heterocycles. The highest BCUT2D eigenvalue weighted by atomic mass is 32.7. The zero-order valence-corrected chi connectivity index (χ0v) is 4.30. The van der Waals surface area contributed by atoms with Gasteiger partial charge in [0.05, 0.1) is 0 Å². The van der Waals surface area contributed by atoms with Crippen LogP contribution >= 0.6 is 18.2 Å². The maximum absolute atomic E-state index is 8.15. The highest BCUT2D eigenvalue weighted by molar-refractivity contribution is 8.63. The first-order chi connectivity index (χ1) is 2.27. The molecule has 0 aliphatic rings. The Balaban J connectivity index is 2.85. The third kappa shape index (κ3) is 4.54. The summed E-state index contributed by atoms with van der Waals surface area (Å²) in [6, 6.07) is 0. The molecule has 0 saturated carbocycles. The van der Waals surface area contributed by atoms with Crippen molar-refractivity contribution in [2.75, 3.05) is 0 Å². The second-order valence-electron chi connectivity index (χ2n) is 0.458. The van der Waals surface area contributed by atoms with Gasteiger partial charge in [0.15, 0.2) is 0 Å². The Morgan fingerprint density at radius 1 is 2.00 bits per heavy atom. The van der Waals surface area contributed by atoms with E-state index in [2.05, 4.69) is 6.30 Å². The minimum Gasteiger partial charge on any atom is -0.184 e. The Labute approximate surface area is 37.3 Å². The Morgan fingerprint density at radius 3 is 2.20 bits per heavy atom. The molecule has 0 saturated heterocycles. The summed E-state index contributed by atoms with van der Waals surface area (Å²) in [5, 5.41) is 0.